The van der Waals surface area contributed by atoms with Crippen LogP contribution in [0.25, 0.3) is 21.9 Å². The van der Waals surface area contributed by atoms with Crippen molar-refractivity contribution in [3.8, 4) is 10.8 Å². The lowest BCUT2D eigenvalue weighted by Crippen LogP contribution is -2.07. The smallest absolute Gasteiger partial charge is 0.277 e. The van der Waals surface area contributed by atoms with Crippen LogP contribution in [0.1, 0.15) is 29.7 Å². The normalized spacial score (nSPS) is 16.9. The summed E-state index contributed by atoms with van der Waals surface area (Å²) in [6.45, 7) is 2.31. The van der Waals surface area contributed by atoms with Gasteiger partial charge in [-0.3, -0.25) is 0 Å². The predicted molar refractivity (Wildman–Crippen MR) is 102 cm³/mol. The van der Waals surface area contributed by atoms with Crippen molar-refractivity contribution >= 4 is 34.2 Å². The first-order valence-corrected chi connectivity index (χ1v) is 10.5. The molecule has 5 nitrogen and oxygen atoms in total. The number of hydrogen-bond donors (Lipinski definition) is 0. The Kier molecular flexibility index (Phi) is 4.05. The molecule has 1 aromatic carbocycles. The predicted octanol–water partition coefficient (Wildman–Crippen LogP) is 5.36. The quantitative estimate of drug-likeness (QED) is 0.442. The molecule has 0 bridgehead atoms. The van der Waals surface area contributed by atoms with E-state index in [-0.39, 0.29) is 0 Å². The number of para-hydroxylation sites is 2. The number of hydrogen-bond acceptors (Lipinski definition) is 7. The largest absolute Gasteiger partial charge is 0.440 e. The lowest BCUT2D eigenvalue weighted by atomic mass is 9.90. The molecule has 0 aliphatic heterocycles. The van der Waals surface area contributed by atoms with Crippen molar-refractivity contribution in [3.63, 3.8) is 0 Å². The molecule has 0 unspecified atom stereocenters. The number of thiophene rings is 1. The van der Waals surface area contributed by atoms with Gasteiger partial charge >= 0.3 is 0 Å². The fourth-order valence-corrected chi connectivity index (χ4v) is 5.02. The molecular weight excluding hydrogens is 366 g/mol. The molecule has 0 N–H and O–H groups in total. The number of thioether (sulfide) groups is 1. The van der Waals surface area contributed by atoms with Gasteiger partial charge in [-0.15, -0.1) is 21.5 Å². The Morgan fingerprint density at radius 2 is 2.15 bits per heavy atom. The fraction of sp³-hybridized carbons (Fsp3) is 0.316. The van der Waals surface area contributed by atoms with E-state index in [4.69, 9.17) is 8.83 Å². The summed E-state index contributed by atoms with van der Waals surface area (Å²) in [6, 6.07) is 9.97. The van der Waals surface area contributed by atoms with Gasteiger partial charge in [0.05, 0.1) is 10.6 Å². The monoisotopic (exact) mass is 383 g/mol. The van der Waals surface area contributed by atoms with Crippen LogP contribution >= 0.6 is 23.1 Å². The summed E-state index contributed by atoms with van der Waals surface area (Å²) < 4.78 is 11.6. The maximum absolute atomic E-state index is 5.85. The van der Waals surface area contributed by atoms with Crippen LogP contribution in [-0.2, 0) is 18.6 Å². The number of benzene rings is 1. The fourth-order valence-electron chi connectivity index (χ4n) is 3.28. The van der Waals surface area contributed by atoms with Crippen LogP contribution in [-0.4, -0.2) is 15.2 Å². The summed E-state index contributed by atoms with van der Waals surface area (Å²) >= 11 is 3.23. The van der Waals surface area contributed by atoms with Gasteiger partial charge in [0.25, 0.3) is 11.1 Å². The number of nitrogens with zero attached hydrogens (tertiary/aromatic N) is 3. The first-order chi connectivity index (χ1) is 12.7. The first kappa shape index (κ1) is 16.1. The van der Waals surface area contributed by atoms with Gasteiger partial charge < -0.3 is 8.83 Å². The molecule has 0 saturated heterocycles. The Labute approximate surface area is 158 Å². The van der Waals surface area contributed by atoms with Crippen molar-refractivity contribution in [2.24, 2.45) is 5.92 Å². The third-order valence-electron chi connectivity index (χ3n) is 4.60. The first-order valence-electron chi connectivity index (χ1n) is 8.67. The van der Waals surface area contributed by atoms with E-state index in [1.165, 1.54) is 28.6 Å². The van der Waals surface area contributed by atoms with E-state index in [0.29, 0.717) is 22.8 Å². The highest BCUT2D eigenvalue weighted by molar-refractivity contribution is 7.98. The van der Waals surface area contributed by atoms with E-state index >= 15 is 0 Å². The van der Waals surface area contributed by atoms with Crippen LogP contribution in [0, 0.1) is 5.92 Å². The van der Waals surface area contributed by atoms with Crippen molar-refractivity contribution in [2.45, 2.75) is 37.2 Å². The number of rotatable bonds is 4. The molecule has 0 amide bonds. The molecule has 0 spiro atoms. The molecule has 0 fully saturated rings. The Hall–Kier alpha value is -2.12. The molecule has 132 valence electrons. The van der Waals surface area contributed by atoms with Crippen molar-refractivity contribution in [3.05, 3.63) is 46.7 Å². The van der Waals surface area contributed by atoms with E-state index in [1.54, 1.807) is 11.3 Å². The lowest BCUT2D eigenvalue weighted by molar-refractivity contribution is 0.465. The number of aryl methyl sites for hydroxylation is 1. The van der Waals surface area contributed by atoms with Crippen LogP contribution in [0.5, 0.6) is 0 Å². The van der Waals surface area contributed by atoms with E-state index in [1.807, 2.05) is 24.3 Å². The second kappa shape index (κ2) is 6.55. The minimum absolute atomic E-state index is 0.544. The van der Waals surface area contributed by atoms with Gasteiger partial charge in [0.1, 0.15) is 5.52 Å². The molecule has 0 saturated carbocycles. The van der Waals surface area contributed by atoms with Crippen molar-refractivity contribution in [1.29, 1.82) is 0 Å². The third-order valence-corrected chi connectivity index (χ3v) is 6.63. The minimum Gasteiger partial charge on any atom is -0.440 e. The summed E-state index contributed by atoms with van der Waals surface area (Å²) in [5.74, 6) is 2.60. The number of oxazole rings is 1. The maximum Gasteiger partial charge on any atom is 0.277 e. The Morgan fingerprint density at radius 3 is 3.08 bits per heavy atom. The Bertz CT molecular complexity index is 1030. The highest BCUT2D eigenvalue weighted by Gasteiger charge is 2.21. The molecule has 1 atom stereocenters. The second-order valence-electron chi connectivity index (χ2n) is 6.64. The molecule has 3 aromatic heterocycles. The second-order valence-corrected chi connectivity index (χ2v) is 8.71. The third kappa shape index (κ3) is 3.05. The highest BCUT2D eigenvalue weighted by atomic mass is 32.2. The summed E-state index contributed by atoms with van der Waals surface area (Å²) in [5, 5.41) is 8.94. The minimum atomic E-state index is 0.544. The van der Waals surface area contributed by atoms with Crippen LogP contribution in [0.15, 0.2) is 44.4 Å². The molecule has 1 aliphatic rings. The van der Waals surface area contributed by atoms with Gasteiger partial charge in [0.15, 0.2) is 5.58 Å². The van der Waals surface area contributed by atoms with E-state index in [2.05, 4.69) is 28.2 Å². The van der Waals surface area contributed by atoms with Gasteiger partial charge in [0.2, 0.25) is 5.89 Å². The molecule has 1 aliphatic carbocycles. The van der Waals surface area contributed by atoms with Crippen molar-refractivity contribution in [1.82, 2.24) is 15.2 Å². The molecule has 3 heterocycles. The Balaban J connectivity index is 1.31. The molecule has 5 rings (SSSR count). The average molecular weight is 383 g/mol. The molecular formula is C19H17N3O2S2. The topological polar surface area (TPSA) is 65.0 Å². The lowest BCUT2D eigenvalue weighted by Gasteiger charge is -2.16. The molecule has 0 radical (unpaired) electrons. The zero-order valence-corrected chi connectivity index (χ0v) is 15.9. The zero-order valence-electron chi connectivity index (χ0n) is 14.3. The molecule has 7 heteroatoms. The van der Waals surface area contributed by atoms with Crippen molar-refractivity contribution < 1.29 is 8.83 Å². The van der Waals surface area contributed by atoms with Crippen molar-refractivity contribution in [2.75, 3.05) is 0 Å². The summed E-state index contributed by atoms with van der Waals surface area (Å²) in [5.41, 5.74) is 3.11. The Morgan fingerprint density at radius 1 is 1.23 bits per heavy atom. The number of fused-ring (bicyclic) bond motifs is 2. The van der Waals surface area contributed by atoms with Crippen LogP contribution in [0.4, 0.5) is 0 Å². The van der Waals surface area contributed by atoms with Crippen LogP contribution in [0.2, 0.25) is 0 Å². The van der Waals surface area contributed by atoms with Gasteiger partial charge in [-0.05, 0) is 48.9 Å². The highest BCUT2D eigenvalue weighted by Crippen LogP contribution is 2.37. The van der Waals surface area contributed by atoms with E-state index < -0.39 is 0 Å². The van der Waals surface area contributed by atoms with Gasteiger partial charge in [-0.1, -0.05) is 30.8 Å². The standard InChI is InChI=1S/C19H17N3O2S2/c1-11-6-7-15-12(8-11)9-16(26-15)18-21-22-19(24-18)25-10-17-20-13-4-2-3-5-14(13)23-17/h2-5,9,11H,6-8,10H2,1H3/t11-/m0/s1. The molecule has 26 heavy (non-hydrogen) atoms. The van der Waals surface area contributed by atoms with Gasteiger partial charge in [0, 0.05) is 4.88 Å². The summed E-state index contributed by atoms with van der Waals surface area (Å²) in [6.07, 6.45) is 3.58. The summed E-state index contributed by atoms with van der Waals surface area (Å²) in [7, 11) is 0. The van der Waals surface area contributed by atoms with Crippen LogP contribution in [0.3, 0.4) is 0 Å². The van der Waals surface area contributed by atoms with E-state index in [0.717, 1.165) is 34.7 Å². The average Bonchev–Trinajstić information content (AvgIpc) is 3.36. The number of aromatic nitrogens is 3. The van der Waals surface area contributed by atoms with Crippen LogP contribution < -0.4 is 0 Å². The van der Waals surface area contributed by atoms with Gasteiger partial charge in [-0.25, -0.2) is 4.98 Å². The van der Waals surface area contributed by atoms with E-state index in [9.17, 15) is 0 Å². The molecule has 4 aromatic rings. The SMILES string of the molecule is C[C@H]1CCc2sc(-c3nnc(SCc4nc5ccccc5o4)o3)cc2C1. The van der Waals surface area contributed by atoms with Gasteiger partial charge in [-0.2, -0.15) is 0 Å². The zero-order chi connectivity index (χ0) is 17.5. The summed E-state index contributed by atoms with van der Waals surface area (Å²) in [4.78, 5) is 7.01. The maximum atomic E-state index is 5.85.